The second kappa shape index (κ2) is 8.43. The van der Waals surface area contributed by atoms with Crippen LogP contribution in [0.4, 0.5) is 0 Å². The first-order valence-corrected chi connectivity index (χ1v) is 11.6. The Morgan fingerprint density at radius 2 is 2.06 bits per heavy atom. The van der Waals surface area contributed by atoms with Crippen LogP contribution in [0.3, 0.4) is 0 Å². The van der Waals surface area contributed by atoms with E-state index in [-0.39, 0.29) is 17.9 Å². The van der Waals surface area contributed by atoms with Gasteiger partial charge in [-0.1, -0.05) is 12.1 Å². The van der Waals surface area contributed by atoms with Gasteiger partial charge in [-0.3, -0.25) is 9.59 Å². The summed E-state index contributed by atoms with van der Waals surface area (Å²) in [4.78, 5) is 36.8. The molecule has 0 spiro atoms. The second-order valence-corrected chi connectivity index (χ2v) is 9.46. The number of rotatable bonds is 6. The summed E-state index contributed by atoms with van der Waals surface area (Å²) in [5.74, 6) is 1.73. The number of amides is 2. The van der Waals surface area contributed by atoms with Gasteiger partial charge >= 0.3 is 0 Å². The van der Waals surface area contributed by atoms with Gasteiger partial charge in [0.15, 0.2) is 0 Å². The van der Waals surface area contributed by atoms with Crippen LogP contribution in [0.25, 0.3) is 11.0 Å². The molecule has 3 aromatic rings. The average Bonchev–Trinajstić information content (AvgIpc) is 3.18. The van der Waals surface area contributed by atoms with Crippen molar-refractivity contribution < 1.29 is 14.3 Å². The molecule has 3 heterocycles. The van der Waals surface area contributed by atoms with Crippen molar-refractivity contribution >= 4 is 34.2 Å². The number of aromatic nitrogens is 2. The quantitative estimate of drug-likeness (QED) is 0.617. The molecule has 2 aliphatic rings. The van der Waals surface area contributed by atoms with Crippen molar-refractivity contribution in [2.24, 2.45) is 5.92 Å². The molecule has 31 heavy (non-hydrogen) atoms. The number of ether oxygens (including phenoxy) is 1. The van der Waals surface area contributed by atoms with Crippen molar-refractivity contribution in [3.63, 3.8) is 0 Å². The Morgan fingerprint density at radius 1 is 1.26 bits per heavy atom. The Morgan fingerprint density at radius 3 is 2.87 bits per heavy atom. The maximum absolute atomic E-state index is 12.6. The topological polar surface area (TPSA) is 87.3 Å². The fraction of sp³-hybridized carbons (Fsp3) is 0.435. The maximum atomic E-state index is 12.6. The lowest BCUT2D eigenvalue weighted by Crippen LogP contribution is -2.40. The summed E-state index contributed by atoms with van der Waals surface area (Å²) in [5.41, 5.74) is 2.02. The molecule has 8 heteroatoms. The summed E-state index contributed by atoms with van der Waals surface area (Å²) >= 11 is 1.46. The van der Waals surface area contributed by atoms with Crippen molar-refractivity contribution in [3.8, 4) is 0 Å². The van der Waals surface area contributed by atoms with Crippen molar-refractivity contribution in [2.45, 2.75) is 31.7 Å². The summed E-state index contributed by atoms with van der Waals surface area (Å²) < 4.78 is 5.32. The molecule has 1 aliphatic heterocycles. The van der Waals surface area contributed by atoms with Gasteiger partial charge in [-0.2, -0.15) is 0 Å². The predicted octanol–water partition coefficient (Wildman–Crippen LogP) is 3.47. The molecule has 0 unspecified atom stereocenters. The van der Waals surface area contributed by atoms with E-state index in [1.54, 1.807) is 0 Å². The van der Waals surface area contributed by atoms with Crippen molar-refractivity contribution in [3.05, 3.63) is 52.0 Å². The Hall–Kier alpha value is -2.71. The number of thiophene rings is 1. The van der Waals surface area contributed by atoms with Gasteiger partial charge in [-0.05, 0) is 43.5 Å². The molecule has 0 radical (unpaired) electrons. The van der Waals surface area contributed by atoms with Crippen molar-refractivity contribution in [1.82, 2.24) is 20.2 Å². The van der Waals surface area contributed by atoms with Crippen LogP contribution in [0.15, 0.2) is 36.4 Å². The minimum atomic E-state index is -0.118. The van der Waals surface area contributed by atoms with Crippen LogP contribution >= 0.6 is 11.3 Å². The number of morpholine rings is 1. The van der Waals surface area contributed by atoms with E-state index in [0.717, 1.165) is 28.2 Å². The third-order valence-electron chi connectivity index (χ3n) is 6.07. The molecule has 1 aromatic carbocycles. The highest BCUT2D eigenvalue weighted by Gasteiger charge is 2.42. The van der Waals surface area contributed by atoms with Gasteiger partial charge in [0.1, 0.15) is 5.82 Å². The number of carbonyl (C=O) groups is 2. The lowest BCUT2D eigenvalue weighted by Gasteiger charge is -2.26. The predicted molar refractivity (Wildman–Crippen MR) is 119 cm³/mol. The Bertz CT molecular complexity index is 1070. The molecule has 1 aliphatic carbocycles. The number of fused-ring (bicyclic) bond motifs is 1. The Balaban J connectivity index is 1.14. The minimum Gasteiger partial charge on any atom is -0.378 e. The number of aromatic amines is 1. The lowest BCUT2D eigenvalue weighted by molar-refractivity contribution is -0.122. The number of imidazole rings is 1. The molecular formula is C23H26N4O3S. The number of nitrogens with zero attached hydrogens (tertiary/aromatic N) is 2. The van der Waals surface area contributed by atoms with Gasteiger partial charge in [0.25, 0.3) is 5.91 Å². The highest BCUT2D eigenvalue weighted by molar-refractivity contribution is 7.14. The molecule has 5 rings (SSSR count). The third kappa shape index (κ3) is 4.36. The van der Waals surface area contributed by atoms with E-state index in [4.69, 9.17) is 4.74 Å². The summed E-state index contributed by atoms with van der Waals surface area (Å²) in [6.45, 7) is 4.41. The molecule has 1 saturated heterocycles. The van der Waals surface area contributed by atoms with E-state index in [2.05, 4.69) is 15.3 Å². The van der Waals surface area contributed by atoms with Crippen LogP contribution in [-0.4, -0.2) is 53.0 Å². The molecule has 7 nitrogen and oxygen atoms in total. The van der Waals surface area contributed by atoms with Crippen molar-refractivity contribution in [2.75, 3.05) is 26.3 Å². The summed E-state index contributed by atoms with van der Waals surface area (Å²) in [6, 6.07) is 11.7. The van der Waals surface area contributed by atoms with E-state index in [0.29, 0.717) is 49.4 Å². The Labute approximate surface area is 184 Å². The van der Waals surface area contributed by atoms with Gasteiger partial charge in [-0.15, -0.1) is 11.3 Å². The van der Waals surface area contributed by atoms with E-state index in [1.165, 1.54) is 11.3 Å². The molecule has 2 N–H and O–H groups in total. The number of benzene rings is 1. The first-order chi connectivity index (χ1) is 15.1. The van der Waals surface area contributed by atoms with Crippen LogP contribution in [0.5, 0.6) is 0 Å². The van der Waals surface area contributed by atoms with Gasteiger partial charge < -0.3 is 19.9 Å². The largest absolute Gasteiger partial charge is 0.378 e. The first kappa shape index (κ1) is 20.2. The van der Waals surface area contributed by atoms with E-state index >= 15 is 0 Å². The minimum absolute atomic E-state index is 0.0460. The smallest absolute Gasteiger partial charge is 0.264 e. The summed E-state index contributed by atoms with van der Waals surface area (Å²) in [7, 11) is 0. The number of hydrogen-bond acceptors (Lipinski definition) is 5. The summed E-state index contributed by atoms with van der Waals surface area (Å²) in [5, 5.41) is 3.09. The number of hydrogen-bond donors (Lipinski definition) is 2. The SMILES string of the molecule is C[C@@H](NC(=O)C[C@H]1C[C@H]1c1nc2ccccc2[nH]1)c1ccc(C(=O)N2CCOCC2)s1. The van der Waals surface area contributed by atoms with Crippen LogP contribution in [0.2, 0.25) is 0 Å². The fourth-order valence-electron chi connectivity index (χ4n) is 4.19. The highest BCUT2D eigenvalue weighted by Crippen LogP contribution is 2.48. The third-order valence-corrected chi connectivity index (χ3v) is 7.33. The van der Waals surface area contributed by atoms with E-state index in [9.17, 15) is 9.59 Å². The van der Waals surface area contributed by atoms with E-state index < -0.39 is 0 Å². The maximum Gasteiger partial charge on any atom is 0.264 e. The molecule has 2 amide bonds. The number of para-hydroxylation sites is 2. The molecule has 3 atom stereocenters. The Kier molecular flexibility index (Phi) is 5.50. The van der Waals surface area contributed by atoms with Gasteiger partial charge in [-0.25, -0.2) is 4.98 Å². The monoisotopic (exact) mass is 438 g/mol. The molecule has 162 valence electrons. The van der Waals surface area contributed by atoms with Gasteiger partial charge in [0, 0.05) is 30.3 Å². The molecule has 0 bridgehead atoms. The number of H-pyrrole nitrogens is 1. The zero-order valence-electron chi connectivity index (χ0n) is 17.5. The van der Waals surface area contributed by atoms with Crippen LogP contribution in [0.1, 0.15) is 52.1 Å². The highest BCUT2D eigenvalue weighted by atomic mass is 32.1. The molecule has 2 fully saturated rings. The van der Waals surface area contributed by atoms with Gasteiger partial charge in [0.05, 0.1) is 35.2 Å². The molecule has 2 aromatic heterocycles. The summed E-state index contributed by atoms with van der Waals surface area (Å²) in [6.07, 6.45) is 1.48. The zero-order valence-corrected chi connectivity index (χ0v) is 18.3. The first-order valence-electron chi connectivity index (χ1n) is 10.8. The van der Waals surface area contributed by atoms with E-state index in [1.807, 2.05) is 48.2 Å². The molecular weight excluding hydrogens is 412 g/mol. The normalized spacial score (nSPS) is 21.8. The molecule has 1 saturated carbocycles. The van der Waals surface area contributed by atoms with Crippen LogP contribution < -0.4 is 5.32 Å². The fourth-order valence-corrected chi connectivity index (χ4v) is 5.17. The standard InChI is InChI=1S/C23H26N4O3S/c1-14(19-6-7-20(31-19)23(29)27-8-10-30-11-9-27)24-21(28)13-15-12-16(15)22-25-17-4-2-3-5-18(17)26-22/h2-7,14-16H,8-13H2,1H3,(H,24,28)(H,25,26)/t14-,15-,16-/m1/s1. The van der Waals surface area contributed by atoms with Gasteiger partial charge in [0.2, 0.25) is 5.91 Å². The van der Waals surface area contributed by atoms with Crippen LogP contribution in [0, 0.1) is 5.92 Å². The number of carbonyl (C=O) groups excluding carboxylic acids is 2. The van der Waals surface area contributed by atoms with Crippen molar-refractivity contribution in [1.29, 1.82) is 0 Å². The van der Waals surface area contributed by atoms with Crippen LogP contribution in [-0.2, 0) is 9.53 Å². The average molecular weight is 439 g/mol. The second-order valence-electron chi connectivity index (χ2n) is 8.34. The lowest BCUT2D eigenvalue weighted by atomic mass is 10.2. The number of nitrogens with one attached hydrogen (secondary N) is 2. The zero-order chi connectivity index (χ0) is 21.4.